The predicted octanol–water partition coefficient (Wildman–Crippen LogP) is 4.94. The van der Waals surface area contributed by atoms with Crippen molar-refractivity contribution in [3.8, 4) is 11.1 Å². The minimum Gasteiger partial charge on any atom is -0.351 e. The van der Waals surface area contributed by atoms with Crippen molar-refractivity contribution in [2.75, 3.05) is 24.7 Å². The molecule has 0 saturated heterocycles. The van der Waals surface area contributed by atoms with Gasteiger partial charge in [-0.1, -0.05) is 49.6 Å². The first kappa shape index (κ1) is 25.7. The number of fused-ring (bicyclic) bond motifs is 1. The molecule has 10 heteroatoms. The van der Waals surface area contributed by atoms with Crippen LogP contribution in [0.4, 0.5) is 11.8 Å². The van der Waals surface area contributed by atoms with Crippen LogP contribution in [0.15, 0.2) is 71.9 Å². The summed E-state index contributed by atoms with van der Waals surface area (Å²) >= 11 is 0. The Hall–Kier alpha value is -3.89. The standard InChI is InChI=1S/C28H30N6O3S/c1-34(2)38(36,37)22-15-13-19(14-16-22)23-17-29-26(33-27(35)20-9-5-3-6-10-20)24-18-30-28(32-25(23)24)31-21-11-7-4-8-12-21/h3,5-6,9-10,13-18,21H,4,7-8,11-12H2,1-2H3,(H,29,33,35)(H,30,31,32). The number of nitrogens with one attached hydrogen (secondary N) is 2. The molecule has 4 aromatic rings. The second-order valence-corrected chi connectivity index (χ2v) is 11.7. The fraction of sp³-hybridized carbons (Fsp3) is 0.286. The Labute approximate surface area is 222 Å². The third-order valence-electron chi connectivity index (χ3n) is 6.77. The van der Waals surface area contributed by atoms with Gasteiger partial charge in [0.1, 0.15) is 5.82 Å². The van der Waals surface area contributed by atoms with Gasteiger partial charge in [0, 0.05) is 43.7 Å². The highest BCUT2D eigenvalue weighted by molar-refractivity contribution is 7.89. The summed E-state index contributed by atoms with van der Waals surface area (Å²) in [5.41, 5.74) is 2.59. The minimum atomic E-state index is -3.55. The van der Waals surface area contributed by atoms with Gasteiger partial charge in [0.25, 0.3) is 5.91 Å². The second kappa shape index (κ2) is 10.8. The lowest BCUT2D eigenvalue weighted by Crippen LogP contribution is -2.23. The summed E-state index contributed by atoms with van der Waals surface area (Å²) in [5, 5.41) is 6.94. The molecule has 0 spiro atoms. The van der Waals surface area contributed by atoms with Crippen molar-refractivity contribution in [3.63, 3.8) is 0 Å². The molecule has 0 atom stereocenters. The van der Waals surface area contributed by atoms with Gasteiger partial charge < -0.3 is 10.6 Å². The number of amides is 1. The molecule has 9 nitrogen and oxygen atoms in total. The van der Waals surface area contributed by atoms with Crippen LogP contribution in [0.3, 0.4) is 0 Å². The molecule has 0 aliphatic heterocycles. The second-order valence-electron chi connectivity index (χ2n) is 9.59. The number of carbonyl (C=O) groups excluding carboxylic acids is 1. The van der Waals surface area contributed by atoms with Gasteiger partial charge in [-0.05, 0) is 42.7 Å². The highest BCUT2D eigenvalue weighted by Gasteiger charge is 2.20. The molecule has 1 saturated carbocycles. The highest BCUT2D eigenvalue weighted by Crippen LogP contribution is 2.32. The zero-order chi connectivity index (χ0) is 26.7. The Morgan fingerprint density at radius 2 is 1.63 bits per heavy atom. The van der Waals surface area contributed by atoms with Crippen LogP contribution in [-0.2, 0) is 10.0 Å². The molecule has 1 fully saturated rings. The van der Waals surface area contributed by atoms with Gasteiger partial charge in [-0.25, -0.2) is 27.7 Å². The summed E-state index contributed by atoms with van der Waals surface area (Å²) in [7, 11) is -0.552. The molecule has 5 rings (SSSR count). The Bertz CT molecular complexity index is 1550. The van der Waals surface area contributed by atoms with Gasteiger partial charge in [-0.15, -0.1) is 0 Å². The summed E-state index contributed by atoms with van der Waals surface area (Å²) in [6.07, 6.45) is 9.08. The molecular weight excluding hydrogens is 500 g/mol. The normalized spacial score (nSPS) is 14.5. The molecule has 1 amide bonds. The largest absolute Gasteiger partial charge is 0.351 e. The van der Waals surface area contributed by atoms with E-state index in [1.54, 1.807) is 60.9 Å². The van der Waals surface area contributed by atoms with Gasteiger partial charge in [0.2, 0.25) is 16.0 Å². The number of anilines is 2. The number of aromatic nitrogens is 3. The summed E-state index contributed by atoms with van der Waals surface area (Å²) in [6.45, 7) is 0. The van der Waals surface area contributed by atoms with Crippen molar-refractivity contribution in [3.05, 3.63) is 72.6 Å². The van der Waals surface area contributed by atoms with Crippen LogP contribution in [0.25, 0.3) is 22.0 Å². The first-order valence-corrected chi connectivity index (χ1v) is 14.1. The summed E-state index contributed by atoms with van der Waals surface area (Å²) in [6, 6.07) is 15.9. The van der Waals surface area contributed by atoms with E-state index in [0.717, 1.165) is 18.4 Å². The van der Waals surface area contributed by atoms with Gasteiger partial charge >= 0.3 is 0 Å². The molecule has 1 aliphatic rings. The van der Waals surface area contributed by atoms with Crippen LogP contribution in [0, 0.1) is 0 Å². The first-order chi connectivity index (χ1) is 18.3. The lowest BCUT2D eigenvalue weighted by Gasteiger charge is -2.23. The molecule has 2 N–H and O–H groups in total. The van der Waals surface area contributed by atoms with Crippen LogP contribution in [0.5, 0.6) is 0 Å². The molecule has 38 heavy (non-hydrogen) atoms. The smallest absolute Gasteiger partial charge is 0.256 e. The third-order valence-corrected chi connectivity index (χ3v) is 8.60. The predicted molar refractivity (Wildman–Crippen MR) is 149 cm³/mol. The van der Waals surface area contributed by atoms with Gasteiger partial charge in [-0.2, -0.15) is 0 Å². The lowest BCUT2D eigenvalue weighted by atomic mass is 9.96. The van der Waals surface area contributed by atoms with Gasteiger partial charge in [0.05, 0.1) is 15.8 Å². The molecule has 196 valence electrons. The molecule has 2 aromatic carbocycles. The Morgan fingerprint density at radius 3 is 2.32 bits per heavy atom. The minimum absolute atomic E-state index is 0.199. The fourth-order valence-electron chi connectivity index (χ4n) is 4.62. The van der Waals surface area contributed by atoms with Crippen molar-refractivity contribution in [1.29, 1.82) is 0 Å². The summed E-state index contributed by atoms with van der Waals surface area (Å²) < 4.78 is 26.2. The Kier molecular flexibility index (Phi) is 7.35. The average Bonchev–Trinajstić information content (AvgIpc) is 2.94. The van der Waals surface area contributed by atoms with Gasteiger partial charge in [0.15, 0.2) is 0 Å². The lowest BCUT2D eigenvalue weighted by molar-refractivity contribution is 0.102. The quantitative estimate of drug-likeness (QED) is 0.348. The van der Waals surface area contributed by atoms with Crippen LogP contribution >= 0.6 is 0 Å². The maximum absolute atomic E-state index is 12.9. The molecule has 1 aliphatic carbocycles. The van der Waals surface area contributed by atoms with E-state index < -0.39 is 10.0 Å². The monoisotopic (exact) mass is 530 g/mol. The van der Waals surface area contributed by atoms with Crippen LogP contribution in [0.2, 0.25) is 0 Å². The average molecular weight is 531 g/mol. The number of sulfonamides is 1. The van der Waals surface area contributed by atoms with Crippen LogP contribution in [0.1, 0.15) is 42.5 Å². The maximum atomic E-state index is 12.9. The van der Waals surface area contributed by atoms with Crippen molar-refractivity contribution in [2.45, 2.75) is 43.0 Å². The zero-order valence-electron chi connectivity index (χ0n) is 21.4. The van der Waals surface area contributed by atoms with Crippen molar-refractivity contribution >= 4 is 38.6 Å². The number of hydrogen-bond acceptors (Lipinski definition) is 7. The SMILES string of the molecule is CN(C)S(=O)(=O)c1ccc(-c2cnc(NC(=O)c3ccccc3)c3cnc(NC4CCCCC4)nc23)cc1. The first-order valence-electron chi connectivity index (χ1n) is 12.6. The van der Waals surface area contributed by atoms with E-state index in [2.05, 4.69) is 20.6 Å². The van der Waals surface area contributed by atoms with E-state index in [1.807, 2.05) is 6.07 Å². The topological polar surface area (TPSA) is 117 Å². The van der Waals surface area contributed by atoms with Crippen molar-refractivity contribution < 1.29 is 13.2 Å². The van der Waals surface area contributed by atoms with Crippen LogP contribution in [-0.4, -0.2) is 53.7 Å². The number of carbonyl (C=O) groups is 1. The fourth-order valence-corrected chi connectivity index (χ4v) is 5.52. The number of pyridine rings is 1. The number of rotatable bonds is 7. The molecule has 0 unspecified atom stereocenters. The molecule has 0 radical (unpaired) electrons. The maximum Gasteiger partial charge on any atom is 0.256 e. The number of hydrogen-bond donors (Lipinski definition) is 2. The Balaban J connectivity index is 1.55. The zero-order valence-corrected chi connectivity index (χ0v) is 22.2. The molecule has 2 aromatic heterocycles. The van der Waals surface area contributed by atoms with E-state index in [9.17, 15) is 13.2 Å². The van der Waals surface area contributed by atoms with E-state index in [0.29, 0.717) is 39.8 Å². The van der Waals surface area contributed by atoms with E-state index in [4.69, 9.17) is 4.98 Å². The van der Waals surface area contributed by atoms with E-state index in [1.165, 1.54) is 37.7 Å². The van der Waals surface area contributed by atoms with E-state index in [-0.39, 0.29) is 10.8 Å². The molecule has 2 heterocycles. The highest BCUT2D eigenvalue weighted by atomic mass is 32.2. The molecular formula is C28H30N6O3S. The summed E-state index contributed by atoms with van der Waals surface area (Å²) in [5.74, 6) is 0.590. The Morgan fingerprint density at radius 1 is 0.921 bits per heavy atom. The number of nitrogens with zero attached hydrogens (tertiary/aromatic N) is 4. The number of benzene rings is 2. The van der Waals surface area contributed by atoms with Crippen molar-refractivity contribution in [2.24, 2.45) is 0 Å². The van der Waals surface area contributed by atoms with Crippen LogP contribution < -0.4 is 10.6 Å². The summed E-state index contributed by atoms with van der Waals surface area (Å²) in [4.78, 5) is 27.0. The molecule has 0 bridgehead atoms. The van der Waals surface area contributed by atoms with Gasteiger partial charge in [-0.3, -0.25) is 4.79 Å². The third kappa shape index (κ3) is 5.36. The van der Waals surface area contributed by atoms with E-state index >= 15 is 0 Å². The van der Waals surface area contributed by atoms with Crippen molar-refractivity contribution in [1.82, 2.24) is 19.3 Å².